The smallest absolute Gasteiger partial charge is 0.161 e. The molecular weight excluding hydrogens is 290 g/mol. The van der Waals surface area contributed by atoms with Crippen molar-refractivity contribution in [3.8, 4) is 11.5 Å². The summed E-state index contributed by atoms with van der Waals surface area (Å²) in [5.74, 6) is 1.58. The summed E-state index contributed by atoms with van der Waals surface area (Å²) in [6, 6.07) is 14.9. The molecule has 2 heterocycles. The van der Waals surface area contributed by atoms with E-state index in [0.29, 0.717) is 6.73 Å². The van der Waals surface area contributed by atoms with E-state index in [4.69, 9.17) is 14.2 Å². The minimum atomic E-state index is 0.0633. The lowest BCUT2D eigenvalue weighted by atomic mass is 9.87. The van der Waals surface area contributed by atoms with Crippen LogP contribution in [-0.2, 0) is 11.2 Å². The third-order valence-electron chi connectivity index (χ3n) is 4.86. The summed E-state index contributed by atoms with van der Waals surface area (Å²) in [5, 5.41) is 0. The molecule has 4 heteroatoms. The largest absolute Gasteiger partial charge is 0.493 e. The molecule has 4 rings (SSSR count). The maximum absolute atomic E-state index is 6.13. The number of rotatable bonds is 3. The molecule has 0 radical (unpaired) electrons. The number of benzene rings is 2. The van der Waals surface area contributed by atoms with E-state index < -0.39 is 0 Å². The molecule has 2 aromatic carbocycles. The third-order valence-corrected chi connectivity index (χ3v) is 4.86. The van der Waals surface area contributed by atoms with Crippen LogP contribution in [0, 0.1) is 0 Å². The van der Waals surface area contributed by atoms with Crippen molar-refractivity contribution in [1.82, 2.24) is 4.90 Å². The Morgan fingerprint density at radius 2 is 1.78 bits per heavy atom. The van der Waals surface area contributed by atoms with Crippen molar-refractivity contribution in [1.29, 1.82) is 0 Å². The third kappa shape index (κ3) is 2.38. The molecule has 1 unspecified atom stereocenters. The first-order valence-electron chi connectivity index (χ1n) is 7.97. The fourth-order valence-corrected chi connectivity index (χ4v) is 3.72. The van der Waals surface area contributed by atoms with Crippen molar-refractivity contribution in [3.63, 3.8) is 0 Å². The van der Waals surface area contributed by atoms with E-state index in [1.165, 1.54) is 16.7 Å². The van der Waals surface area contributed by atoms with Crippen LogP contribution in [0.1, 0.15) is 28.8 Å². The van der Waals surface area contributed by atoms with Crippen LogP contribution in [-0.4, -0.2) is 32.4 Å². The summed E-state index contributed by atoms with van der Waals surface area (Å²) >= 11 is 0. The lowest BCUT2D eigenvalue weighted by molar-refractivity contribution is 0.0894. The summed E-state index contributed by atoms with van der Waals surface area (Å²) in [4.78, 5) is 2.41. The van der Waals surface area contributed by atoms with Crippen LogP contribution in [0.15, 0.2) is 42.5 Å². The van der Waals surface area contributed by atoms with Crippen LogP contribution >= 0.6 is 0 Å². The van der Waals surface area contributed by atoms with Gasteiger partial charge in [-0.1, -0.05) is 30.3 Å². The lowest BCUT2D eigenvalue weighted by Crippen LogP contribution is -2.32. The number of hydrogen-bond donors (Lipinski definition) is 0. The van der Waals surface area contributed by atoms with E-state index in [2.05, 4.69) is 41.3 Å². The Labute approximate surface area is 136 Å². The van der Waals surface area contributed by atoms with Crippen LogP contribution < -0.4 is 9.47 Å². The number of nitrogens with zero attached hydrogens (tertiary/aromatic N) is 1. The Bertz CT molecular complexity index is 701. The zero-order valence-electron chi connectivity index (χ0n) is 13.5. The second-order valence-corrected chi connectivity index (χ2v) is 6.04. The highest BCUT2D eigenvalue weighted by Crippen LogP contribution is 2.47. The summed E-state index contributed by atoms with van der Waals surface area (Å²) in [7, 11) is 3.37. The average Bonchev–Trinajstić information content (AvgIpc) is 3.05. The van der Waals surface area contributed by atoms with Crippen LogP contribution in [0.3, 0.4) is 0 Å². The van der Waals surface area contributed by atoms with Gasteiger partial charge in [0.05, 0.1) is 20.3 Å². The Balaban J connectivity index is 1.79. The highest BCUT2D eigenvalue weighted by Gasteiger charge is 2.41. The molecule has 0 aromatic heterocycles. The highest BCUT2D eigenvalue weighted by atomic mass is 16.5. The first-order chi connectivity index (χ1) is 11.3. The summed E-state index contributed by atoms with van der Waals surface area (Å²) in [6.45, 7) is 1.69. The molecule has 4 nitrogen and oxygen atoms in total. The monoisotopic (exact) mass is 311 g/mol. The molecule has 0 bridgehead atoms. The molecule has 23 heavy (non-hydrogen) atoms. The first kappa shape index (κ1) is 14.5. The van der Waals surface area contributed by atoms with Gasteiger partial charge in [-0.25, -0.2) is 0 Å². The topological polar surface area (TPSA) is 30.9 Å². The van der Waals surface area contributed by atoms with Crippen molar-refractivity contribution < 1.29 is 14.2 Å². The number of methoxy groups -OCH3 is 2. The molecule has 1 saturated heterocycles. The zero-order valence-corrected chi connectivity index (χ0v) is 13.5. The van der Waals surface area contributed by atoms with Gasteiger partial charge < -0.3 is 14.2 Å². The fourth-order valence-electron chi connectivity index (χ4n) is 3.72. The number of ether oxygens (including phenoxy) is 3. The maximum atomic E-state index is 6.13. The molecule has 0 N–H and O–H groups in total. The second-order valence-electron chi connectivity index (χ2n) is 6.04. The van der Waals surface area contributed by atoms with Gasteiger partial charge in [0.2, 0.25) is 0 Å². The quantitative estimate of drug-likeness (QED) is 0.870. The predicted molar refractivity (Wildman–Crippen MR) is 87.8 cm³/mol. The minimum Gasteiger partial charge on any atom is -0.493 e. The lowest BCUT2D eigenvalue weighted by Gasteiger charge is -2.33. The molecule has 0 spiro atoms. The molecule has 1 fully saturated rings. The fraction of sp³-hybridized carbons (Fsp3) is 0.368. The molecule has 120 valence electrons. The molecule has 2 aliphatic rings. The van der Waals surface area contributed by atoms with Crippen LogP contribution in [0.25, 0.3) is 0 Å². The summed E-state index contributed by atoms with van der Waals surface area (Å²) in [5.41, 5.74) is 3.85. The zero-order chi connectivity index (χ0) is 15.8. The van der Waals surface area contributed by atoms with Gasteiger partial charge in [0.25, 0.3) is 0 Å². The van der Waals surface area contributed by atoms with Gasteiger partial charge in [0.15, 0.2) is 11.5 Å². The van der Waals surface area contributed by atoms with Crippen molar-refractivity contribution >= 4 is 0 Å². The summed E-state index contributed by atoms with van der Waals surface area (Å²) < 4.78 is 17.1. The van der Waals surface area contributed by atoms with Gasteiger partial charge in [0.1, 0.15) is 12.8 Å². The Hall–Kier alpha value is -2.04. The molecule has 0 saturated carbocycles. The standard InChI is InChI=1S/C19H21NO3/c1-21-16-10-14-8-9-20-12-23-19(13-6-4-3-5-7-13)18(20)15(14)11-17(16)22-2/h3-7,10-11,18-19H,8-9,12H2,1-2H3/t18?,19-/m1/s1. The van der Waals surface area contributed by atoms with Crippen LogP contribution in [0.2, 0.25) is 0 Å². The van der Waals surface area contributed by atoms with E-state index in [1.54, 1.807) is 14.2 Å². The number of hydrogen-bond acceptors (Lipinski definition) is 4. The predicted octanol–water partition coefficient (Wildman–Crippen LogP) is 3.33. The van der Waals surface area contributed by atoms with Gasteiger partial charge in [-0.2, -0.15) is 0 Å². The average molecular weight is 311 g/mol. The first-order valence-corrected chi connectivity index (χ1v) is 7.97. The van der Waals surface area contributed by atoms with Crippen molar-refractivity contribution in [2.45, 2.75) is 18.6 Å². The highest BCUT2D eigenvalue weighted by molar-refractivity contribution is 5.50. The van der Waals surface area contributed by atoms with Gasteiger partial charge in [-0.3, -0.25) is 4.90 Å². The molecule has 2 aliphatic heterocycles. The van der Waals surface area contributed by atoms with E-state index in [1.807, 2.05) is 6.07 Å². The van der Waals surface area contributed by atoms with Gasteiger partial charge in [0, 0.05) is 6.54 Å². The molecular formula is C19H21NO3. The Morgan fingerprint density at radius 3 is 2.52 bits per heavy atom. The molecule has 0 aliphatic carbocycles. The SMILES string of the molecule is COc1cc2c(cc1OC)C1[C@@H](c3ccccc3)OCN1CC2. The number of fused-ring (bicyclic) bond motifs is 3. The molecule has 2 atom stereocenters. The minimum absolute atomic E-state index is 0.0633. The van der Waals surface area contributed by atoms with E-state index >= 15 is 0 Å². The van der Waals surface area contributed by atoms with Gasteiger partial charge in [-0.15, -0.1) is 0 Å². The van der Waals surface area contributed by atoms with Crippen LogP contribution in [0.4, 0.5) is 0 Å². The van der Waals surface area contributed by atoms with Crippen molar-refractivity contribution in [2.24, 2.45) is 0 Å². The maximum Gasteiger partial charge on any atom is 0.161 e. The van der Waals surface area contributed by atoms with Crippen molar-refractivity contribution in [3.05, 3.63) is 59.2 Å². The molecule has 0 amide bonds. The normalized spacial score (nSPS) is 23.2. The van der Waals surface area contributed by atoms with E-state index in [9.17, 15) is 0 Å². The van der Waals surface area contributed by atoms with Crippen LogP contribution in [0.5, 0.6) is 11.5 Å². The van der Waals surface area contributed by atoms with Gasteiger partial charge in [-0.05, 0) is 35.2 Å². The Morgan fingerprint density at radius 1 is 1.04 bits per heavy atom. The summed E-state index contributed by atoms with van der Waals surface area (Å²) in [6.07, 6.45) is 1.07. The van der Waals surface area contributed by atoms with Gasteiger partial charge >= 0.3 is 0 Å². The molecule has 2 aromatic rings. The van der Waals surface area contributed by atoms with E-state index in [-0.39, 0.29) is 12.1 Å². The van der Waals surface area contributed by atoms with Crippen molar-refractivity contribution in [2.75, 3.05) is 27.5 Å². The second kappa shape index (κ2) is 5.87. The van der Waals surface area contributed by atoms with E-state index in [0.717, 1.165) is 24.5 Å². The Kier molecular flexibility index (Phi) is 3.71.